The lowest BCUT2D eigenvalue weighted by Gasteiger charge is -2.01. The highest BCUT2D eigenvalue weighted by molar-refractivity contribution is 7.22. The van der Waals surface area contributed by atoms with Crippen LogP contribution in [-0.4, -0.2) is 18.0 Å². The van der Waals surface area contributed by atoms with Gasteiger partial charge in [0.25, 0.3) is 0 Å². The Kier molecular flexibility index (Phi) is 3.69. The van der Waals surface area contributed by atoms with E-state index in [9.17, 15) is 4.79 Å². The summed E-state index contributed by atoms with van der Waals surface area (Å²) in [6.07, 6.45) is 5.97. The zero-order valence-corrected chi connectivity index (χ0v) is 12.1. The Morgan fingerprint density at radius 3 is 3.15 bits per heavy atom. The zero-order chi connectivity index (χ0) is 13.9. The molecule has 0 spiro atoms. The molecule has 0 unspecified atom stereocenters. The number of thiazole rings is 1. The summed E-state index contributed by atoms with van der Waals surface area (Å²) < 4.78 is 6.20. The molecule has 4 nitrogen and oxygen atoms in total. The van der Waals surface area contributed by atoms with Crippen LogP contribution in [0.5, 0.6) is 5.75 Å². The number of aromatic nitrogens is 1. The number of ether oxygens (including phenoxy) is 1. The van der Waals surface area contributed by atoms with E-state index in [-0.39, 0.29) is 5.91 Å². The summed E-state index contributed by atoms with van der Waals surface area (Å²) >= 11 is 1.47. The number of carbonyl (C=O) groups excluding carboxylic acids is 1. The number of anilines is 1. The Balaban J connectivity index is 1.72. The van der Waals surface area contributed by atoms with Gasteiger partial charge in [0, 0.05) is 6.42 Å². The lowest BCUT2D eigenvalue weighted by Crippen LogP contribution is -2.11. The first kappa shape index (κ1) is 13.1. The van der Waals surface area contributed by atoms with E-state index in [1.54, 1.807) is 7.11 Å². The lowest BCUT2D eigenvalue weighted by molar-refractivity contribution is -0.115. The summed E-state index contributed by atoms with van der Waals surface area (Å²) in [4.78, 5) is 16.4. The van der Waals surface area contributed by atoms with Gasteiger partial charge in [0.15, 0.2) is 5.13 Å². The van der Waals surface area contributed by atoms with Crippen molar-refractivity contribution in [3.05, 3.63) is 29.8 Å². The first-order valence-corrected chi connectivity index (χ1v) is 7.48. The monoisotopic (exact) mass is 288 g/mol. The number of methoxy groups -OCH3 is 1. The lowest BCUT2D eigenvalue weighted by atomic mass is 10.1. The molecule has 1 heterocycles. The Labute approximate surface area is 121 Å². The van der Waals surface area contributed by atoms with Gasteiger partial charge in [-0.3, -0.25) is 4.79 Å². The van der Waals surface area contributed by atoms with Gasteiger partial charge in [0.2, 0.25) is 5.91 Å². The molecule has 0 aliphatic heterocycles. The van der Waals surface area contributed by atoms with Crippen molar-refractivity contribution in [1.29, 1.82) is 0 Å². The number of carbonyl (C=O) groups is 1. The molecular formula is C15H16N2O2S. The van der Waals surface area contributed by atoms with Gasteiger partial charge < -0.3 is 10.1 Å². The molecule has 0 bridgehead atoms. The van der Waals surface area contributed by atoms with Crippen LogP contribution in [-0.2, 0) is 4.79 Å². The number of benzene rings is 1. The van der Waals surface area contributed by atoms with E-state index >= 15 is 0 Å². The molecule has 1 N–H and O–H groups in total. The SMILES string of the molecule is COc1ccc2nc(NC(=O)CC3=CCCC3)sc2c1. The minimum atomic E-state index is 0.0178. The third kappa shape index (κ3) is 2.82. The van der Waals surface area contributed by atoms with Gasteiger partial charge in [-0.15, -0.1) is 0 Å². The molecule has 0 atom stereocenters. The Bertz CT molecular complexity index is 676. The maximum absolute atomic E-state index is 12.0. The molecule has 1 aromatic carbocycles. The van der Waals surface area contributed by atoms with Crippen molar-refractivity contribution in [1.82, 2.24) is 4.98 Å². The number of hydrogen-bond acceptors (Lipinski definition) is 4. The van der Waals surface area contributed by atoms with Crippen molar-refractivity contribution >= 4 is 32.6 Å². The second kappa shape index (κ2) is 5.63. The molecule has 1 amide bonds. The summed E-state index contributed by atoms with van der Waals surface area (Å²) in [5.74, 6) is 0.819. The van der Waals surface area contributed by atoms with E-state index in [2.05, 4.69) is 16.4 Å². The normalized spacial score (nSPS) is 14.3. The van der Waals surface area contributed by atoms with Gasteiger partial charge >= 0.3 is 0 Å². The molecule has 2 aromatic rings. The number of amides is 1. The van der Waals surface area contributed by atoms with E-state index < -0.39 is 0 Å². The molecule has 1 aliphatic rings. The van der Waals surface area contributed by atoms with E-state index in [1.807, 2.05) is 18.2 Å². The number of fused-ring (bicyclic) bond motifs is 1. The molecule has 0 radical (unpaired) electrons. The van der Waals surface area contributed by atoms with Gasteiger partial charge in [0.05, 0.1) is 17.3 Å². The molecule has 3 rings (SSSR count). The molecule has 0 saturated heterocycles. The Morgan fingerprint density at radius 1 is 1.50 bits per heavy atom. The molecule has 20 heavy (non-hydrogen) atoms. The molecular weight excluding hydrogens is 272 g/mol. The van der Waals surface area contributed by atoms with Crippen LogP contribution in [0.25, 0.3) is 10.2 Å². The molecule has 0 saturated carbocycles. The molecule has 104 valence electrons. The average Bonchev–Trinajstić information content (AvgIpc) is 3.06. The summed E-state index contributed by atoms with van der Waals surface area (Å²) in [7, 11) is 1.64. The van der Waals surface area contributed by atoms with Crippen molar-refractivity contribution in [2.75, 3.05) is 12.4 Å². The second-order valence-electron chi connectivity index (χ2n) is 4.83. The maximum atomic E-state index is 12.0. The summed E-state index contributed by atoms with van der Waals surface area (Å²) in [6.45, 7) is 0. The van der Waals surface area contributed by atoms with Crippen LogP contribution >= 0.6 is 11.3 Å². The van der Waals surface area contributed by atoms with E-state index in [4.69, 9.17) is 4.74 Å². The molecule has 1 aliphatic carbocycles. The van der Waals surface area contributed by atoms with Gasteiger partial charge in [-0.2, -0.15) is 0 Å². The fraction of sp³-hybridized carbons (Fsp3) is 0.333. The predicted molar refractivity (Wildman–Crippen MR) is 81.4 cm³/mol. The van der Waals surface area contributed by atoms with Crippen molar-refractivity contribution in [3.63, 3.8) is 0 Å². The molecule has 0 fully saturated rings. The van der Waals surface area contributed by atoms with Crippen LogP contribution < -0.4 is 10.1 Å². The first-order valence-electron chi connectivity index (χ1n) is 6.67. The van der Waals surface area contributed by atoms with Crippen molar-refractivity contribution < 1.29 is 9.53 Å². The van der Waals surface area contributed by atoms with Crippen molar-refractivity contribution in [2.45, 2.75) is 25.7 Å². The first-order chi connectivity index (χ1) is 9.74. The van der Waals surface area contributed by atoms with Crippen LogP contribution in [0.15, 0.2) is 29.8 Å². The Morgan fingerprint density at radius 2 is 2.40 bits per heavy atom. The fourth-order valence-electron chi connectivity index (χ4n) is 2.35. The van der Waals surface area contributed by atoms with Gasteiger partial charge in [-0.1, -0.05) is 23.0 Å². The van der Waals surface area contributed by atoms with E-state index in [0.717, 1.165) is 28.8 Å². The minimum Gasteiger partial charge on any atom is -0.497 e. The topological polar surface area (TPSA) is 51.2 Å². The van der Waals surface area contributed by atoms with Crippen molar-refractivity contribution in [2.24, 2.45) is 0 Å². The maximum Gasteiger partial charge on any atom is 0.230 e. The third-order valence-corrected chi connectivity index (χ3v) is 4.30. The van der Waals surface area contributed by atoms with Crippen LogP contribution in [0.1, 0.15) is 25.7 Å². The molecule has 5 heteroatoms. The van der Waals surface area contributed by atoms with Crippen LogP contribution in [0.2, 0.25) is 0 Å². The highest BCUT2D eigenvalue weighted by Crippen LogP contribution is 2.29. The van der Waals surface area contributed by atoms with E-state index in [0.29, 0.717) is 11.6 Å². The molecule has 1 aromatic heterocycles. The smallest absolute Gasteiger partial charge is 0.230 e. The number of nitrogens with zero attached hydrogens (tertiary/aromatic N) is 1. The fourth-order valence-corrected chi connectivity index (χ4v) is 3.26. The minimum absolute atomic E-state index is 0.0178. The highest BCUT2D eigenvalue weighted by Gasteiger charge is 2.12. The standard InChI is InChI=1S/C15H16N2O2S/c1-19-11-6-7-12-13(9-11)20-15(16-12)17-14(18)8-10-4-2-3-5-10/h4,6-7,9H,2-3,5,8H2,1H3,(H,16,17,18). The average molecular weight is 288 g/mol. The quantitative estimate of drug-likeness (QED) is 0.872. The number of allylic oxidation sites excluding steroid dienone is 1. The summed E-state index contributed by atoms with van der Waals surface area (Å²) in [5.41, 5.74) is 2.12. The summed E-state index contributed by atoms with van der Waals surface area (Å²) in [5, 5.41) is 3.53. The third-order valence-electron chi connectivity index (χ3n) is 3.36. The Hall–Kier alpha value is -1.88. The number of nitrogens with one attached hydrogen (secondary N) is 1. The van der Waals surface area contributed by atoms with Gasteiger partial charge in [-0.25, -0.2) is 4.98 Å². The second-order valence-corrected chi connectivity index (χ2v) is 5.86. The predicted octanol–water partition coefficient (Wildman–Crippen LogP) is 3.74. The number of hydrogen-bond donors (Lipinski definition) is 1. The van der Waals surface area contributed by atoms with Crippen LogP contribution in [0.4, 0.5) is 5.13 Å². The zero-order valence-electron chi connectivity index (χ0n) is 11.3. The summed E-state index contributed by atoms with van der Waals surface area (Å²) in [6, 6.07) is 5.71. The number of rotatable bonds is 4. The highest BCUT2D eigenvalue weighted by atomic mass is 32.1. The van der Waals surface area contributed by atoms with Crippen LogP contribution in [0, 0.1) is 0 Å². The largest absolute Gasteiger partial charge is 0.497 e. The van der Waals surface area contributed by atoms with Gasteiger partial charge in [-0.05, 0) is 37.5 Å². The van der Waals surface area contributed by atoms with Gasteiger partial charge in [0.1, 0.15) is 5.75 Å². The van der Waals surface area contributed by atoms with E-state index in [1.165, 1.54) is 23.3 Å². The van der Waals surface area contributed by atoms with Crippen molar-refractivity contribution in [3.8, 4) is 5.75 Å². The van der Waals surface area contributed by atoms with Crippen LogP contribution in [0.3, 0.4) is 0 Å².